The Bertz CT molecular complexity index is 1020. The predicted octanol–water partition coefficient (Wildman–Crippen LogP) is 2.55. The van der Waals surface area contributed by atoms with Crippen LogP contribution in [-0.4, -0.2) is 55.5 Å². The van der Waals surface area contributed by atoms with Crippen molar-refractivity contribution in [2.75, 3.05) is 31.1 Å². The van der Waals surface area contributed by atoms with Gasteiger partial charge in [0, 0.05) is 42.8 Å². The smallest absolute Gasteiger partial charge is 0.325 e. The quantitative estimate of drug-likeness (QED) is 0.707. The first-order valence-corrected chi connectivity index (χ1v) is 11.7. The molecule has 0 radical (unpaired) electrons. The van der Waals surface area contributed by atoms with E-state index < -0.39 is 27.6 Å². The Kier molecular flexibility index (Phi) is 5.52. The van der Waals surface area contributed by atoms with Gasteiger partial charge in [-0.3, -0.25) is 4.79 Å². The first kappa shape index (κ1) is 21.1. The van der Waals surface area contributed by atoms with Gasteiger partial charge in [0.05, 0.1) is 0 Å². The SMILES string of the molecule is CC1[C@@H](c2ccccc2)[C@]1(NS(=O)(=O)N1CCN(c2ccc(Cl)cc2)CC1)C(=O)O. The zero-order chi connectivity index (χ0) is 21.5. The minimum atomic E-state index is -3.95. The van der Waals surface area contributed by atoms with Gasteiger partial charge in [0.1, 0.15) is 5.54 Å². The molecule has 0 amide bonds. The second kappa shape index (κ2) is 7.85. The Labute approximate surface area is 181 Å². The van der Waals surface area contributed by atoms with Gasteiger partial charge in [0.25, 0.3) is 10.2 Å². The highest BCUT2D eigenvalue weighted by Gasteiger charge is 2.70. The van der Waals surface area contributed by atoms with E-state index in [0.717, 1.165) is 11.3 Å². The average molecular weight is 450 g/mol. The number of benzene rings is 2. The van der Waals surface area contributed by atoms with E-state index in [1.54, 1.807) is 19.1 Å². The molecular formula is C21H24ClN3O4S. The fourth-order valence-electron chi connectivity index (χ4n) is 4.42. The number of carboxylic acid groups (broad SMARTS) is 1. The lowest BCUT2D eigenvalue weighted by atomic mass is 10.1. The summed E-state index contributed by atoms with van der Waals surface area (Å²) in [5.41, 5.74) is 0.280. The number of carboxylic acids is 1. The topological polar surface area (TPSA) is 90.0 Å². The van der Waals surface area contributed by atoms with Crippen LogP contribution in [0.4, 0.5) is 5.69 Å². The lowest BCUT2D eigenvalue weighted by Gasteiger charge is -2.36. The molecule has 2 N–H and O–H groups in total. The molecule has 30 heavy (non-hydrogen) atoms. The normalized spacial score (nSPS) is 27.1. The van der Waals surface area contributed by atoms with Crippen LogP contribution < -0.4 is 9.62 Å². The van der Waals surface area contributed by atoms with Gasteiger partial charge in [-0.15, -0.1) is 0 Å². The molecule has 1 unspecified atom stereocenters. The predicted molar refractivity (Wildman–Crippen MR) is 116 cm³/mol. The Hall–Kier alpha value is -2.13. The first-order chi connectivity index (χ1) is 14.3. The first-order valence-electron chi connectivity index (χ1n) is 9.83. The number of hydrogen-bond acceptors (Lipinski definition) is 4. The molecule has 1 aliphatic heterocycles. The number of nitrogens with zero attached hydrogens (tertiary/aromatic N) is 2. The zero-order valence-electron chi connectivity index (χ0n) is 16.5. The van der Waals surface area contributed by atoms with Crippen LogP contribution in [0.1, 0.15) is 18.4 Å². The van der Waals surface area contributed by atoms with Crippen LogP contribution in [0.15, 0.2) is 54.6 Å². The largest absolute Gasteiger partial charge is 0.480 e. The van der Waals surface area contributed by atoms with Gasteiger partial charge in [-0.1, -0.05) is 48.9 Å². The van der Waals surface area contributed by atoms with Gasteiger partial charge >= 0.3 is 5.97 Å². The van der Waals surface area contributed by atoms with Crippen molar-refractivity contribution in [2.45, 2.75) is 18.4 Å². The summed E-state index contributed by atoms with van der Waals surface area (Å²) in [5, 5.41) is 10.6. The van der Waals surface area contributed by atoms with Crippen molar-refractivity contribution in [3.8, 4) is 0 Å². The molecule has 0 bridgehead atoms. The molecule has 1 aliphatic carbocycles. The number of rotatable bonds is 6. The summed E-state index contributed by atoms with van der Waals surface area (Å²) in [6, 6.07) is 16.6. The number of aliphatic carboxylic acids is 1. The maximum Gasteiger partial charge on any atom is 0.325 e. The van der Waals surface area contributed by atoms with Crippen molar-refractivity contribution < 1.29 is 18.3 Å². The number of nitrogens with one attached hydrogen (secondary N) is 1. The van der Waals surface area contributed by atoms with Crippen molar-refractivity contribution in [1.29, 1.82) is 0 Å². The van der Waals surface area contributed by atoms with Crippen molar-refractivity contribution in [3.05, 3.63) is 65.2 Å². The van der Waals surface area contributed by atoms with Crippen LogP contribution >= 0.6 is 11.6 Å². The minimum absolute atomic E-state index is 0.276. The Morgan fingerprint density at radius 3 is 2.23 bits per heavy atom. The molecule has 2 aromatic rings. The number of halogens is 1. The fourth-order valence-corrected chi connectivity index (χ4v) is 6.14. The van der Waals surface area contributed by atoms with Crippen molar-refractivity contribution in [1.82, 2.24) is 9.03 Å². The molecule has 4 rings (SSSR count). The lowest BCUT2D eigenvalue weighted by Crippen LogP contribution is -2.56. The van der Waals surface area contributed by atoms with Gasteiger partial charge in [-0.2, -0.15) is 17.4 Å². The Morgan fingerprint density at radius 2 is 1.67 bits per heavy atom. The highest BCUT2D eigenvalue weighted by atomic mass is 35.5. The van der Waals surface area contributed by atoms with Crippen LogP contribution in [0.3, 0.4) is 0 Å². The summed E-state index contributed by atoms with van der Waals surface area (Å²) in [6.07, 6.45) is 0. The molecule has 1 saturated carbocycles. The van der Waals surface area contributed by atoms with Crippen LogP contribution in [0, 0.1) is 5.92 Å². The molecule has 7 nitrogen and oxygen atoms in total. The summed E-state index contributed by atoms with van der Waals surface area (Å²) in [5.74, 6) is -1.89. The second-order valence-corrected chi connectivity index (χ2v) is 9.93. The molecule has 1 heterocycles. The summed E-state index contributed by atoms with van der Waals surface area (Å²) < 4.78 is 30.0. The van der Waals surface area contributed by atoms with Crippen LogP contribution in [0.2, 0.25) is 5.02 Å². The van der Waals surface area contributed by atoms with E-state index in [9.17, 15) is 18.3 Å². The maximum absolute atomic E-state index is 13.1. The van der Waals surface area contributed by atoms with E-state index >= 15 is 0 Å². The van der Waals surface area contributed by atoms with E-state index in [1.165, 1.54) is 4.31 Å². The molecule has 2 aliphatic rings. The highest BCUT2D eigenvalue weighted by molar-refractivity contribution is 7.87. The maximum atomic E-state index is 13.1. The van der Waals surface area contributed by atoms with Crippen LogP contribution in [0.25, 0.3) is 0 Å². The molecule has 2 aromatic carbocycles. The molecular weight excluding hydrogens is 426 g/mol. The average Bonchev–Trinajstić information content (AvgIpc) is 3.33. The van der Waals surface area contributed by atoms with Gasteiger partial charge in [0.15, 0.2) is 0 Å². The van der Waals surface area contributed by atoms with E-state index in [-0.39, 0.29) is 19.0 Å². The second-order valence-electron chi connectivity index (χ2n) is 7.82. The number of piperazine rings is 1. The summed E-state index contributed by atoms with van der Waals surface area (Å²) in [6.45, 7) is 3.35. The Balaban J connectivity index is 1.47. The third-order valence-electron chi connectivity index (χ3n) is 6.18. The van der Waals surface area contributed by atoms with Crippen molar-refractivity contribution >= 4 is 33.5 Å². The molecule has 2 fully saturated rings. The van der Waals surface area contributed by atoms with Crippen LogP contribution in [-0.2, 0) is 15.0 Å². The van der Waals surface area contributed by atoms with Gasteiger partial charge in [-0.25, -0.2) is 0 Å². The van der Waals surface area contributed by atoms with Gasteiger partial charge < -0.3 is 10.0 Å². The molecule has 1 saturated heterocycles. The third kappa shape index (κ3) is 3.69. The van der Waals surface area contributed by atoms with E-state index in [1.807, 2.05) is 42.5 Å². The number of anilines is 1. The van der Waals surface area contributed by atoms with E-state index in [2.05, 4.69) is 9.62 Å². The highest BCUT2D eigenvalue weighted by Crippen LogP contribution is 2.57. The van der Waals surface area contributed by atoms with E-state index in [0.29, 0.717) is 18.1 Å². The molecule has 160 valence electrons. The summed E-state index contributed by atoms with van der Waals surface area (Å²) in [7, 11) is -3.95. The lowest BCUT2D eigenvalue weighted by molar-refractivity contribution is -0.140. The van der Waals surface area contributed by atoms with E-state index in [4.69, 9.17) is 11.6 Å². The number of hydrogen-bond donors (Lipinski definition) is 2. The van der Waals surface area contributed by atoms with Crippen molar-refractivity contribution in [3.63, 3.8) is 0 Å². The molecule has 0 spiro atoms. The summed E-state index contributed by atoms with van der Waals surface area (Å²) in [4.78, 5) is 14.2. The fraction of sp³-hybridized carbons (Fsp3) is 0.381. The molecule has 3 atom stereocenters. The zero-order valence-corrected chi connectivity index (χ0v) is 18.1. The van der Waals surface area contributed by atoms with Gasteiger partial charge in [-0.05, 0) is 35.7 Å². The third-order valence-corrected chi connectivity index (χ3v) is 8.07. The van der Waals surface area contributed by atoms with Crippen molar-refractivity contribution in [2.24, 2.45) is 5.92 Å². The Morgan fingerprint density at radius 1 is 1.07 bits per heavy atom. The minimum Gasteiger partial charge on any atom is -0.480 e. The molecule has 0 aromatic heterocycles. The van der Waals surface area contributed by atoms with Crippen LogP contribution in [0.5, 0.6) is 0 Å². The van der Waals surface area contributed by atoms with Gasteiger partial charge in [0.2, 0.25) is 0 Å². The summed E-state index contributed by atoms with van der Waals surface area (Å²) >= 11 is 5.93. The standard InChI is InChI=1S/C21H24ClN3O4S/c1-15-19(16-5-3-2-4-6-16)21(15,20(26)27)23-30(28,29)25-13-11-24(12-14-25)18-9-7-17(22)8-10-18/h2-10,15,19,23H,11-14H2,1H3,(H,26,27)/t15?,19-,21-/m0/s1. The monoisotopic (exact) mass is 449 g/mol. The molecule has 9 heteroatoms. The number of carbonyl (C=O) groups is 1.